The van der Waals surface area contributed by atoms with Gasteiger partial charge in [0.25, 0.3) is 0 Å². The average molecular weight is 287 g/mol. The van der Waals surface area contributed by atoms with Gasteiger partial charge in [-0.25, -0.2) is 0 Å². The van der Waals surface area contributed by atoms with Crippen LogP contribution in [-0.2, 0) is 4.79 Å². The first kappa shape index (κ1) is 19.4. The van der Waals surface area contributed by atoms with Crippen LogP contribution in [0.2, 0.25) is 0 Å². The Morgan fingerprint density at radius 3 is 2.10 bits per heavy atom. The molecule has 1 atom stereocenters. The Hall–Kier alpha value is -0.610. The van der Waals surface area contributed by atoms with Crippen molar-refractivity contribution in [2.45, 2.75) is 71.8 Å². The van der Waals surface area contributed by atoms with Gasteiger partial charge in [-0.05, 0) is 19.3 Å². The molecule has 0 bridgehead atoms. The monoisotopic (exact) mass is 287 g/mol. The topological polar surface area (TPSA) is 60.4 Å². The van der Waals surface area contributed by atoms with Crippen molar-refractivity contribution in [3.8, 4) is 0 Å². The predicted molar refractivity (Wildman–Crippen MR) is 80.1 cm³/mol. The Kier molecular flexibility index (Phi) is 10.8. The smallest absolute Gasteiger partial charge is 0.119 e. The van der Waals surface area contributed by atoms with Crippen molar-refractivity contribution in [2.75, 3.05) is 26.2 Å². The van der Waals surface area contributed by atoms with Gasteiger partial charge < -0.3 is 19.5 Å². The molecular weight excluding hydrogens is 254 g/mol. The number of aliphatic carboxylic acids is 1. The van der Waals surface area contributed by atoms with E-state index in [1.807, 2.05) is 0 Å². The summed E-state index contributed by atoms with van der Waals surface area (Å²) in [6.07, 6.45) is 6.80. The van der Waals surface area contributed by atoms with E-state index >= 15 is 0 Å². The van der Waals surface area contributed by atoms with Crippen LogP contribution in [0.4, 0.5) is 0 Å². The van der Waals surface area contributed by atoms with E-state index in [1.54, 1.807) is 0 Å². The number of hydrogen-bond acceptors (Lipinski definition) is 3. The van der Waals surface area contributed by atoms with Crippen LogP contribution in [0.1, 0.15) is 65.7 Å². The Balaban J connectivity index is 4.47. The third-order valence-electron chi connectivity index (χ3n) is 3.85. The van der Waals surface area contributed by atoms with Gasteiger partial charge >= 0.3 is 0 Å². The number of unbranched alkanes of at least 4 members (excludes halogenated alkanes) is 3. The normalized spacial score (nSPS) is 13.4. The van der Waals surface area contributed by atoms with Gasteiger partial charge in [0.15, 0.2) is 0 Å². The minimum atomic E-state index is -1.01. The molecule has 120 valence electrons. The highest BCUT2D eigenvalue weighted by Crippen LogP contribution is 2.15. The van der Waals surface area contributed by atoms with Gasteiger partial charge in [-0.1, -0.05) is 46.5 Å². The summed E-state index contributed by atoms with van der Waals surface area (Å²) in [7, 11) is 0. The fourth-order valence-electron chi connectivity index (χ4n) is 3.08. The van der Waals surface area contributed by atoms with E-state index in [1.165, 1.54) is 12.8 Å². The Morgan fingerprint density at radius 2 is 1.65 bits per heavy atom. The number of hydrogen-bond donors (Lipinski definition) is 1. The molecule has 0 aromatic heterocycles. The van der Waals surface area contributed by atoms with E-state index in [0.717, 1.165) is 45.2 Å². The van der Waals surface area contributed by atoms with Crippen LogP contribution in [0.5, 0.6) is 0 Å². The molecule has 4 heteroatoms. The van der Waals surface area contributed by atoms with Gasteiger partial charge in [-0.3, -0.25) is 0 Å². The van der Waals surface area contributed by atoms with Gasteiger partial charge in [0.05, 0.1) is 19.1 Å². The third kappa shape index (κ3) is 8.54. The minimum Gasteiger partial charge on any atom is -0.544 e. The molecule has 0 saturated carbocycles. The molecule has 0 heterocycles. The lowest BCUT2D eigenvalue weighted by molar-refractivity contribution is -0.925. The number of carboxylic acids is 1. The highest BCUT2D eigenvalue weighted by molar-refractivity contribution is 5.65. The summed E-state index contributed by atoms with van der Waals surface area (Å²) in [6.45, 7) is 8.45. The molecule has 0 saturated heterocycles. The maximum atomic E-state index is 11.0. The highest BCUT2D eigenvalue weighted by atomic mass is 16.4. The van der Waals surface area contributed by atoms with Crippen molar-refractivity contribution in [3.05, 3.63) is 0 Å². The molecule has 1 unspecified atom stereocenters. The molecule has 0 aliphatic carbocycles. The number of carboxylic acid groups (broad SMARTS) is 1. The fourth-order valence-corrected chi connectivity index (χ4v) is 3.08. The van der Waals surface area contributed by atoms with E-state index in [4.69, 9.17) is 0 Å². The van der Waals surface area contributed by atoms with Crippen LogP contribution >= 0.6 is 0 Å². The molecule has 0 aliphatic rings. The standard InChI is InChI=1S/C16H33NO3/c1-4-7-8-9-10-15(18)13-17(11-5-2,12-6-3)14-16(19)20/h15,18H,4-14H2,1-3H3. The zero-order valence-electron chi connectivity index (χ0n) is 13.6. The number of carbonyl (C=O) groups excluding carboxylic acids is 1. The molecular formula is C16H33NO3. The molecule has 0 aliphatic heterocycles. The van der Waals surface area contributed by atoms with Crippen LogP contribution in [0.25, 0.3) is 0 Å². The first-order valence-corrected chi connectivity index (χ1v) is 8.22. The molecule has 0 rings (SSSR count). The average Bonchev–Trinajstić information content (AvgIpc) is 2.34. The molecule has 0 aromatic carbocycles. The Labute approximate surface area is 124 Å². The molecule has 4 nitrogen and oxygen atoms in total. The first-order valence-electron chi connectivity index (χ1n) is 8.22. The summed E-state index contributed by atoms with van der Waals surface area (Å²) in [6, 6.07) is 0. The van der Waals surface area contributed by atoms with Crippen molar-refractivity contribution < 1.29 is 19.5 Å². The van der Waals surface area contributed by atoms with Gasteiger partial charge in [0.1, 0.15) is 19.2 Å². The third-order valence-corrected chi connectivity index (χ3v) is 3.85. The van der Waals surface area contributed by atoms with E-state index in [2.05, 4.69) is 20.8 Å². The van der Waals surface area contributed by atoms with Crippen LogP contribution in [0, 0.1) is 0 Å². The molecule has 20 heavy (non-hydrogen) atoms. The molecule has 0 aromatic rings. The Bertz CT molecular complexity index is 250. The van der Waals surface area contributed by atoms with Crippen molar-refractivity contribution in [2.24, 2.45) is 0 Å². The lowest BCUT2D eigenvalue weighted by Gasteiger charge is -2.40. The van der Waals surface area contributed by atoms with Crippen LogP contribution < -0.4 is 5.11 Å². The number of nitrogens with zero attached hydrogens (tertiary/aromatic N) is 1. The molecule has 0 spiro atoms. The minimum absolute atomic E-state index is 0.0215. The van der Waals surface area contributed by atoms with Gasteiger partial charge in [0, 0.05) is 0 Å². The lowest BCUT2D eigenvalue weighted by atomic mass is 10.1. The summed E-state index contributed by atoms with van der Waals surface area (Å²) >= 11 is 0. The van der Waals surface area contributed by atoms with E-state index in [9.17, 15) is 15.0 Å². The van der Waals surface area contributed by atoms with Crippen LogP contribution in [-0.4, -0.2) is 47.8 Å². The predicted octanol–water partition coefficient (Wildman–Crippen LogP) is 1.70. The maximum absolute atomic E-state index is 11.0. The van der Waals surface area contributed by atoms with E-state index in [0.29, 0.717) is 11.0 Å². The summed E-state index contributed by atoms with van der Waals surface area (Å²) in [5.74, 6) is -1.01. The zero-order chi connectivity index (χ0) is 15.4. The molecule has 0 amide bonds. The second-order valence-electron chi connectivity index (χ2n) is 6.00. The maximum Gasteiger partial charge on any atom is 0.119 e. The lowest BCUT2D eigenvalue weighted by Crippen LogP contribution is -2.58. The van der Waals surface area contributed by atoms with Crippen LogP contribution in [0.3, 0.4) is 0 Å². The molecule has 1 N–H and O–H groups in total. The quantitative estimate of drug-likeness (QED) is 0.414. The molecule has 0 radical (unpaired) electrons. The number of quaternary nitrogens is 1. The van der Waals surface area contributed by atoms with E-state index < -0.39 is 12.1 Å². The van der Waals surface area contributed by atoms with Gasteiger partial charge in [0.2, 0.25) is 0 Å². The summed E-state index contributed by atoms with van der Waals surface area (Å²) < 4.78 is 0.463. The Morgan fingerprint density at radius 1 is 1.05 bits per heavy atom. The first-order chi connectivity index (χ1) is 9.49. The van der Waals surface area contributed by atoms with Crippen molar-refractivity contribution >= 4 is 5.97 Å². The van der Waals surface area contributed by atoms with Crippen molar-refractivity contribution in [3.63, 3.8) is 0 Å². The zero-order valence-corrected chi connectivity index (χ0v) is 13.6. The largest absolute Gasteiger partial charge is 0.544 e. The van der Waals surface area contributed by atoms with Crippen molar-refractivity contribution in [1.82, 2.24) is 0 Å². The highest BCUT2D eigenvalue weighted by Gasteiger charge is 2.28. The van der Waals surface area contributed by atoms with Crippen LogP contribution in [0.15, 0.2) is 0 Å². The van der Waals surface area contributed by atoms with Gasteiger partial charge in [-0.15, -0.1) is 0 Å². The second-order valence-corrected chi connectivity index (χ2v) is 6.00. The fraction of sp³-hybridized carbons (Fsp3) is 0.938. The van der Waals surface area contributed by atoms with Crippen molar-refractivity contribution in [1.29, 1.82) is 0 Å². The number of rotatable bonds is 13. The number of aliphatic hydroxyl groups excluding tert-OH is 1. The number of aliphatic hydroxyl groups is 1. The van der Waals surface area contributed by atoms with Gasteiger partial charge in [-0.2, -0.15) is 0 Å². The second kappa shape index (κ2) is 11.1. The molecule has 0 fully saturated rings. The number of carbonyl (C=O) groups is 1. The summed E-state index contributed by atoms with van der Waals surface area (Å²) in [5.41, 5.74) is 0. The summed E-state index contributed by atoms with van der Waals surface area (Å²) in [5, 5.41) is 21.3. The van der Waals surface area contributed by atoms with E-state index in [-0.39, 0.29) is 6.54 Å². The SMILES string of the molecule is CCCCCCC(O)C[N+](CCC)(CCC)CC(=O)[O-]. The summed E-state index contributed by atoms with van der Waals surface area (Å²) in [4.78, 5) is 11.0.